The average molecular weight is 327 g/mol. The number of likely N-dealkylation sites (tertiary alicyclic amines) is 1. The van der Waals surface area contributed by atoms with Crippen molar-refractivity contribution in [1.29, 1.82) is 0 Å². The standard InChI is InChI=1S/C17H26N2O2.ClH/c1-13-10-14(2)12-15(11-13)17(20)19-7-4-16(5-8-19)21-9-3-6-18;/h10-12,16H,3-9,18H2,1-2H3;1H. The molecule has 1 fully saturated rings. The minimum absolute atomic E-state index is 0. The molecule has 5 heteroatoms. The number of nitrogens with two attached hydrogens (primary N) is 1. The van der Waals surface area contributed by atoms with Crippen LogP contribution in [0.4, 0.5) is 0 Å². The first-order valence-electron chi connectivity index (χ1n) is 7.79. The number of benzene rings is 1. The van der Waals surface area contributed by atoms with E-state index in [1.165, 1.54) is 0 Å². The first-order chi connectivity index (χ1) is 10.1. The fourth-order valence-corrected chi connectivity index (χ4v) is 2.84. The van der Waals surface area contributed by atoms with Crippen LogP contribution in [0.15, 0.2) is 18.2 Å². The Bertz CT molecular complexity index is 465. The van der Waals surface area contributed by atoms with E-state index in [0.717, 1.165) is 55.6 Å². The lowest BCUT2D eigenvalue weighted by Crippen LogP contribution is -2.41. The first kappa shape index (κ1) is 18.9. The van der Waals surface area contributed by atoms with E-state index >= 15 is 0 Å². The molecule has 22 heavy (non-hydrogen) atoms. The van der Waals surface area contributed by atoms with Crippen molar-refractivity contribution >= 4 is 18.3 Å². The van der Waals surface area contributed by atoms with Gasteiger partial charge < -0.3 is 15.4 Å². The van der Waals surface area contributed by atoms with Crippen LogP contribution in [0.3, 0.4) is 0 Å². The summed E-state index contributed by atoms with van der Waals surface area (Å²) in [4.78, 5) is 14.5. The Morgan fingerprint density at radius 1 is 1.23 bits per heavy atom. The summed E-state index contributed by atoms with van der Waals surface area (Å²) in [5, 5.41) is 0. The Morgan fingerprint density at radius 3 is 2.36 bits per heavy atom. The summed E-state index contributed by atoms with van der Waals surface area (Å²) in [5.41, 5.74) is 8.54. The molecule has 1 amide bonds. The normalized spacial score (nSPS) is 15.5. The summed E-state index contributed by atoms with van der Waals surface area (Å²) in [6, 6.07) is 6.03. The number of halogens is 1. The summed E-state index contributed by atoms with van der Waals surface area (Å²) in [5.74, 6) is 0.141. The van der Waals surface area contributed by atoms with Gasteiger partial charge in [-0.05, 0) is 51.8 Å². The Kier molecular flexibility index (Phi) is 7.87. The van der Waals surface area contributed by atoms with Crippen LogP contribution in [0.2, 0.25) is 0 Å². The van der Waals surface area contributed by atoms with Gasteiger partial charge in [-0.3, -0.25) is 4.79 Å². The van der Waals surface area contributed by atoms with Crippen molar-refractivity contribution in [3.8, 4) is 0 Å². The van der Waals surface area contributed by atoms with Gasteiger partial charge in [0.15, 0.2) is 0 Å². The second-order valence-electron chi connectivity index (χ2n) is 5.88. The number of piperidine rings is 1. The molecular weight excluding hydrogens is 300 g/mol. The highest BCUT2D eigenvalue weighted by Crippen LogP contribution is 2.18. The van der Waals surface area contributed by atoms with E-state index in [-0.39, 0.29) is 24.4 Å². The highest BCUT2D eigenvalue weighted by atomic mass is 35.5. The maximum absolute atomic E-state index is 12.5. The molecular formula is C17H27ClN2O2. The number of nitrogens with zero attached hydrogens (tertiary/aromatic N) is 1. The summed E-state index contributed by atoms with van der Waals surface area (Å²) in [7, 11) is 0. The second-order valence-corrected chi connectivity index (χ2v) is 5.88. The van der Waals surface area contributed by atoms with Gasteiger partial charge in [0.05, 0.1) is 6.10 Å². The Morgan fingerprint density at radius 2 is 1.82 bits per heavy atom. The van der Waals surface area contributed by atoms with Gasteiger partial charge in [-0.15, -0.1) is 12.4 Å². The predicted octanol–water partition coefficient (Wildman–Crippen LogP) is 2.70. The number of ether oxygens (including phenoxy) is 1. The maximum Gasteiger partial charge on any atom is 0.253 e. The molecule has 0 atom stereocenters. The van der Waals surface area contributed by atoms with E-state index in [2.05, 4.69) is 6.07 Å². The molecule has 1 saturated heterocycles. The molecule has 0 saturated carbocycles. The van der Waals surface area contributed by atoms with Gasteiger partial charge in [-0.1, -0.05) is 17.2 Å². The largest absolute Gasteiger partial charge is 0.378 e. The van der Waals surface area contributed by atoms with Crippen LogP contribution in [0.5, 0.6) is 0 Å². The number of carbonyl (C=O) groups is 1. The fourth-order valence-electron chi connectivity index (χ4n) is 2.84. The van der Waals surface area contributed by atoms with Crippen molar-refractivity contribution < 1.29 is 9.53 Å². The molecule has 1 aliphatic rings. The maximum atomic E-state index is 12.5. The molecule has 1 aromatic carbocycles. The van der Waals surface area contributed by atoms with Crippen LogP contribution in [0.25, 0.3) is 0 Å². The highest BCUT2D eigenvalue weighted by Gasteiger charge is 2.24. The van der Waals surface area contributed by atoms with Gasteiger partial charge in [-0.2, -0.15) is 0 Å². The molecule has 0 radical (unpaired) electrons. The van der Waals surface area contributed by atoms with E-state index < -0.39 is 0 Å². The number of rotatable bonds is 5. The van der Waals surface area contributed by atoms with Crippen molar-refractivity contribution in [2.24, 2.45) is 5.73 Å². The first-order valence-corrected chi connectivity index (χ1v) is 7.79. The van der Waals surface area contributed by atoms with Crippen LogP contribution in [0, 0.1) is 13.8 Å². The van der Waals surface area contributed by atoms with E-state index in [4.69, 9.17) is 10.5 Å². The van der Waals surface area contributed by atoms with Crippen molar-refractivity contribution in [1.82, 2.24) is 4.90 Å². The van der Waals surface area contributed by atoms with Crippen LogP contribution < -0.4 is 5.73 Å². The third-order valence-electron chi connectivity index (χ3n) is 3.90. The molecule has 1 heterocycles. The van der Waals surface area contributed by atoms with Crippen LogP contribution in [-0.2, 0) is 4.74 Å². The van der Waals surface area contributed by atoms with Crippen molar-refractivity contribution in [3.63, 3.8) is 0 Å². The molecule has 124 valence electrons. The molecule has 4 nitrogen and oxygen atoms in total. The van der Waals surface area contributed by atoms with Gasteiger partial charge in [0.1, 0.15) is 0 Å². The van der Waals surface area contributed by atoms with Gasteiger partial charge in [0.25, 0.3) is 5.91 Å². The molecule has 0 spiro atoms. The minimum atomic E-state index is 0. The molecule has 0 bridgehead atoms. The number of aryl methyl sites for hydroxylation is 2. The third-order valence-corrected chi connectivity index (χ3v) is 3.90. The SMILES string of the molecule is Cc1cc(C)cc(C(=O)N2CCC(OCCCN)CC2)c1.Cl. The summed E-state index contributed by atoms with van der Waals surface area (Å²) in [6.45, 7) is 7.01. The zero-order chi connectivity index (χ0) is 15.2. The minimum Gasteiger partial charge on any atom is -0.378 e. The number of amides is 1. The zero-order valence-corrected chi connectivity index (χ0v) is 14.3. The quantitative estimate of drug-likeness (QED) is 0.846. The van der Waals surface area contributed by atoms with Crippen molar-refractivity contribution in [3.05, 3.63) is 34.9 Å². The fraction of sp³-hybridized carbons (Fsp3) is 0.588. The highest BCUT2D eigenvalue weighted by molar-refractivity contribution is 5.94. The van der Waals surface area contributed by atoms with Crippen LogP contribution >= 0.6 is 12.4 Å². The smallest absolute Gasteiger partial charge is 0.253 e. The van der Waals surface area contributed by atoms with Crippen molar-refractivity contribution in [2.75, 3.05) is 26.2 Å². The van der Waals surface area contributed by atoms with E-state index in [0.29, 0.717) is 6.54 Å². The molecule has 1 aromatic rings. The predicted molar refractivity (Wildman–Crippen MR) is 91.7 cm³/mol. The number of hydrogen-bond acceptors (Lipinski definition) is 3. The monoisotopic (exact) mass is 326 g/mol. The molecule has 2 rings (SSSR count). The summed E-state index contributed by atoms with van der Waals surface area (Å²) < 4.78 is 5.78. The lowest BCUT2D eigenvalue weighted by Gasteiger charge is -2.32. The van der Waals surface area contributed by atoms with Gasteiger partial charge in [0, 0.05) is 25.3 Å². The lowest BCUT2D eigenvalue weighted by atomic mass is 10.0. The third kappa shape index (κ3) is 5.27. The van der Waals surface area contributed by atoms with E-state index in [1.54, 1.807) is 0 Å². The Balaban J connectivity index is 0.00000242. The Labute approximate surface area is 139 Å². The molecule has 0 unspecified atom stereocenters. The molecule has 0 aromatic heterocycles. The van der Waals surface area contributed by atoms with Gasteiger partial charge in [-0.25, -0.2) is 0 Å². The second kappa shape index (κ2) is 9.13. The van der Waals surface area contributed by atoms with E-state index in [1.807, 2.05) is 30.9 Å². The Hall–Kier alpha value is -1.10. The van der Waals surface area contributed by atoms with Crippen LogP contribution in [0.1, 0.15) is 40.7 Å². The number of carbonyl (C=O) groups excluding carboxylic acids is 1. The van der Waals surface area contributed by atoms with Crippen LogP contribution in [-0.4, -0.2) is 43.2 Å². The van der Waals surface area contributed by atoms with Gasteiger partial charge in [0.2, 0.25) is 0 Å². The molecule has 2 N–H and O–H groups in total. The summed E-state index contributed by atoms with van der Waals surface area (Å²) in [6.07, 6.45) is 3.02. The average Bonchev–Trinajstić information content (AvgIpc) is 2.46. The van der Waals surface area contributed by atoms with Gasteiger partial charge >= 0.3 is 0 Å². The number of hydrogen-bond donors (Lipinski definition) is 1. The zero-order valence-electron chi connectivity index (χ0n) is 13.5. The molecule has 1 aliphatic heterocycles. The molecule has 0 aliphatic carbocycles. The van der Waals surface area contributed by atoms with Crippen molar-refractivity contribution in [2.45, 2.75) is 39.2 Å². The topological polar surface area (TPSA) is 55.6 Å². The van der Waals surface area contributed by atoms with E-state index in [9.17, 15) is 4.79 Å². The summed E-state index contributed by atoms with van der Waals surface area (Å²) >= 11 is 0. The lowest BCUT2D eigenvalue weighted by molar-refractivity contribution is 0.00844.